The number of hydrogen-bond acceptors (Lipinski definition) is 7. The van der Waals surface area contributed by atoms with Gasteiger partial charge < -0.3 is 15.4 Å². The molecule has 0 spiro atoms. The zero-order valence-corrected chi connectivity index (χ0v) is 19.5. The molecule has 1 aromatic carbocycles. The van der Waals surface area contributed by atoms with E-state index in [9.17, 15) is 4.79 Å². The van der Waals surface area contributed by atoms with E-state index in [0.717, 1.165) is 5.69 Å². The minimum Gasteiger partial charge on any atom is -0.410 e. The van der Waals surface area contributed by atoms with Crippen LogP contribution in [-0.4, -0.2) is 45.0 Å². The van der Waals surface area contributed by atoms with Crippen molar-refractivity contribution in [3.8, 4) is 11.6 Å². The average Bonchev–Trinajstić information content (AvgIpc) is 3.18. The van der Waals surface area contributed by atoms with Crippen molar-refractivity contribution in [3.05, 3.63) is 54.4 Å². The lowest BCUT2D eigenvalue weighted by Crippen LogP contribution is -2.48. The number of para-hydroxylation sites is 1. The quantitative estimate of drug-likeness (QED) is 0.604. The zero-order chi connectivity index (χ0) is 23.5. The van der Waals surface area contributed by atoms with Gasteiger partial charge >= 0.3 is 6.09 Å². The number of carbonyl (C=O) groups is 1. The molecule has 1 amide bonds. The Morgan fingerprint density at radius 2 is 1.84 bits per heavy atom. The molecule has 0 unspecified atom stereocenters. The summed E-state index contributed by atoms with van der Waals surface area (Å²) in [5.74, 6) is 1.91. The molecule has 9 heteroatoms. The molecule has 0 radical (unpaired) electrons. The lowest BCUT2D eigenvalue weighted by atomic mass is 9.92. The van der Waals surface area contributed by atoms with E-state index in [1.165, 1.54) is 0 Å². The monoisotopic (exact) mass is 437 g/mol. The molecule has 0 saturated carbocycles. The van der Waals surface area contributed by atoms with Crippen molar-refractivity contribution in [1.29, 1.82) is 0 Å². The van der Waals surface area contributed by atoms with Crippen molar-refractivity contribution in [2.24, 2.45) is 5.73 Å². The maximum atomic E-state index is 12.5. The Balaban J connectivity index is 1.96. The van der Waals surface area contributed by atoms with Crippen molar-refractivity contribution < 1.29 is 9.53 Å². The van der Waals surface area contributed by atoms with Crippen LogP contribution in [-0.2, 0) is 5.41 Å². The van der Waals surface area contributed by atoms with Crippen LogP contribution >= 0.6 is 0 Å². The standard InChI is InChI=1S/C23H31N7O2/c1-22(2,3)17-14-19(27-21(31)32-16-10-8-7-9-11-16)30(28-17)18-12-13-25-20(26-18)29(6)23(4,5)15-24/h7-14H,15,24H2,1-6H3,(H,27,31). The number of benzene rings is 1. The summed E-state index contributed by atoms with van der Waals surface area (Å²) in [6.45, 7) is 10.6. The third-order valence-electron chi connectivity index (χ3n) is 5.21. The summed E-state index contributed by atoms with van der Waals surface area (Å²) in [5, 5.41) is 7.49. The van der Waals surface area contributed by atoms with Crippen LogP contribution in [0.25, 0.3) is 5.82 Å². The first-order valence-electron chi connectivity index (χ1n) is 10.4. The molecular weight excluding hydrogens is 406 g/mol. The van der Waals surface area contributed by atoms with Gasteiger partial charge in [0.15, 0.2) is 5.82 Å². The Morgan fingerprint density at radius 1 is 1.16 bits per heavy atom. The molecule has 3 rings (SSSR count). The molecule has 0 atom stereocenters. The van der Waals surface area contributed by atoms with Gasteiger partial charge in [-0.1, -0.05) is 39.0 Å². The number of nitrogens with one attached hydrogen (secondary N) is 1. The Labute approximate surface area is 188 Å². The van der Waals surface area contributed by atoms with Crippen molar-refractivity contribution in [2.75, 3.05) is 23.8 Å². The van der Waals surface area contributed by atoms with Crippen LogP contribution in [0.5, 0.6) is 5.75 Å². The largest absolute Gasteiger partial charge is 0.418 e. The van der Waals surface area contributed by atoms with Gasteiger partial charge in [0.25, 0.3) is 0 Å². The number of aromatic nitrogens is 4. The molecule has 0 fully saturated rings. The van der Waals surface area contributed by atoms with Crippen LogP contribution < -0.4 is 20.7 Å². The summed E-state index contributed by atoms with van der Waals surface area (Å²) < 4.78 is 6.96. The van der Waals surface area contributed by atoms with E-state index >= 15 is 0 Å². The van der Waals surface area contributed by atoms with Gasteiger partial charge in [-0.3, -0.25) is 5.32 Å². The van der Waals surface area contributed by atoms with Crippen LogP contribution in [0.1, 0.15) is 40.3 Å². The minimum absolute atomic E-state index is 0.237. The van der Waals surface area contributed by atoms with Crippen molar-refractivity contribution in [1.82, 2.24) is 19.7 Å². The van der Waals surface area contributed by atoms with E-state index in [2.05, 4.69) is 36.1 Å². The van der Waals surface area contributed by atoms with Crippen molar-refractivity contribution in [3.63, 3.8) is 0 Å². The van der Waals surface area contributed by atoms with Gasteiger partial charge in [-0.2, -0.15) is 14.8 Å². The predicted octanol–water partition coefficient (Wildman–Crippen LogP) is 3.74. The van der Waals surface area contributed by atoms with Crippen LogP contribution in [0.3, 0.4) is 0 Å². The van der Waals surface area contributed by atoms with Gasteiger partial charge in [0.2, 0.25) is 5.95 Å². The molecule has 32 heavy (non-hydrogen) atoms. The second-order valence-electron chi connectivity index (χ2n) is 9.19. The summed E-state index contributed by atoms with van der Waals surface area (Å²) in [6, 6.07) is 12.4. The van der Waals surface area contributed by atoms with Gasteiger partial charge in [-0.05, 0) is 26.0 Å². The molecule has 9 nitrogen and oxygen atoms in total. The number of carbonyl (C=O) groups excluding carboxylic acids is 1. The predicted molar refractivity (Wildman–Crippen MR) is 125 cm³/mol. The fourth-order valence-electron chi connectivity index (χ4n) is 2.76. The third-order valence-corrected chi connectivity index (χ3v) is 5.21. The summed E-state index contributed by atoms with van der Waals surface area (Å²) >= 11 is 0. The first kappa shape index (κ1) is 23.2. The lowest BCUT2D eigenvalue weighted by Gasteiger charge is -2.34. The highest BCUT2D eigenvalue weighted by atomic mass is 16.6. The molecule has 0 saturated heterocycles. The SMILES string of the molecule is CN(c1nccc(-n2nc(C(C)(C)C)cc2NC(=O)Oc2ccccc2)n1)C(C)(C)CN. The first-order valence-corrected chi connectivity index (χ1v) is 10.4. The number of likely N-dealkylation sites (N-methyl/N-ethyl adjacent to an activating group) is 1. The van der Waals surface area contributed by atoms with E-state index in [1.54, 1.807) is 41.2 Å². The highest BCUT2D eigenvalue weighted by molar-refractivity contribution is 5.85. The molecule has 3 N–H and O–H groups in total. The highest BCUT2D eigenvalue weighted by Gasteiger charge is 2.26. The van der Waals surface area contributed by atoms with Gasteiger partial charge in [0.1, 0.15) is 11.6 Å². The summed E-state index contributed by atoms with van der Waals surface area (Å²) in [5.41, 5.74) is 6.14. The molecule has 0 aliphatic carbocycles. The fraction of sp³-hybridized carbons (Fsp3) is 0.391. The smallest absolute Gasteiger partial charge is 0.410 e. The number of hydrogen-bond donors (Lipinski definition) is 2. The number of nitrogens with zero attached hydrogens (tertiary/aromatic N) is 5. The topological polar surface area (TPSA) is 111 Å². The maximum absolute atomic E-state index is 12.5. The molecule has 0 bridgehead atoms. The maximum Gasteiger partial charge on any atom is 0.418 e. The van der Waals surface area contributed by atoms with Gasteiger partial charge in [0, 0.05) is 42.9 Å². The third kappa shape index (κ3) is 5.23. The van der Waals surface area contributed by atoms with E-state index < -0.39 is 6.09 Å². The van der Waals surface area contributed by atoms with Gasteiger partial charge in [-0.25, -0.2) is 9.78 Å². The Bertz CT molecular complexity index is 1070. The number of anilines is 2. The minimum atomic E-state index is -0.617. The number of ether oxygens (including phenoxy) is 1. The number of rotatable bonds is 6. The summed E-state index contributed by atoms with van der Waals surface area (Å²) in [7, 11) is 1.89. The molecule has 2 heterocycles. The number of amides is 1. The van der Waals surface area contributed by atoms with E-state index in [1.807, 2.05) is 37.9 Å². The van der Waals surface area contributed by atoms with Gasteiger partial charge in [0.05, 0.1) is 5.69 Å². The van der Waals surface area contributed by atoms with Crippen LogP contribution in [0.2, 0.25) is 0 Å². The van der Waals surface area contributed by atoms with Crippen LogP contribution in [0.15, 0.2) is 48.7 Å². The molecule has 170 valence electrons. The van der Waals surface area contributed by atoms with E-state index in [-0.39, 0.29) is 11.0 Å². The molecule has 2 aromatic heterocycles. The Morgan fingerprint density at radius 3 is 2.47 bits per heavy atom. The molecule has 0 aliphatic rings. The van der Waals surface area contributed by atoms with Gasteiger partial charge in [-0.15, -0.1) is 0 Å². The van der Waals surface area contributed by atoms with Crippen molar-refractivity contribution >= 4 is 17.9 Å². The molecule has 0 aliphatic heterocycles. The van der Waals surface area contributed by atoms with Crippen molar-refractivity contribution in [2.45, 2.75) is 45.6 Å². The summed E-state index contributed by atoms with van der Waals surface area (Å²) in [4.78, 5) is 23.5. The fourth-order valence-corrected chi connectivity index (χ4v) is 2.76. The second-order valence-corrected chi connectivity index (χ2v) is 9.19. The van der Waals surface area contributed by atoms with Crippen LogP contribution in [0.4, 0.5) is 16.6 Å². The Hall–Kier alpha value is -3.46. The van der Waals surface area contributed by atoms with Crippen LogP contribution in [0, 0.1) is 0 Å². The highest BCUT2D eigenvalue weighted by Crippen LogP contribution is 2.27. The van der Waals surface area contributed by atoms with E-state index in [0.29, 0.717) is 29.9 Å². The summed E-state index contributed by atoms with van der Waals surface area (Å²) in [6.07, 6.45) is 1.04. The lowest BCUT2D eigenvalue weighted by molar-refractivity contribution is 0.215. The molecular formula is C23H31N7O2. The average molecular weight is 438 g/mol. The molecule has 3 aromatic rings. The number of nitrogens with two attached hydrogens (primary N) is 1. The van der Waals surface area contributed by atoms with E-state index in [4.69, 9.17) is 15.6 Å². The Kier molecular flexibility index (Phi) is 6.50. The normalized spacial score (nSPS) is 11.8. The first-order chi connectivity index (χ1) is 15.0. The second kappa shape index (κ2) is 8.96. The zero-order valence-electron chi connectivity index (χ0n) is 19.5.